The largest absolute Gasteiger partial charge is 0.481 e. The molecule has 0 unspecified atom stereocenters. The topological polar surface area (TPSA) is 85.3 Å². The number of carboxylic acid groups (broad SMARTS) is 1. The monoisotopic (exact) mass is 402 g/mol. The first-order valence-electron chi connectivity index (χ1n) is 7.68. The van der Waals surface area contributed by atoms with Gasteiger partial charge >= 0.3 is 5.97 Å². The van der Waals surface area contributed by atoms with Crippen LogP contribution in [0.4, 0.5) is 0 Å². The number of nitrogens with zero attached hydrogens (tertiary/aromatic N) is 2. The van der Waals surface area contributed by atoms with Crippen molar-refractivity contribution in [2.45, 2.75) is 19.4 Å². The molecule has 2 aromatic heterocycles. The lowest BCUT2D eigenvalue weighted by Crippen LogP contribution is -2.24. The van der Waals surface area contributed by atoms with Gasteiger partial charge in [0.05, 0.1) is 15.4 Å². The third-order valence-electron chi connectivity index (χ3n) is 3.65. The molecular weight excluding hydrogens is 388 g/mol. The first-order chi connectivity index (χ1) is 12.0. The molecule has 25 heavy (non-hydrogen) atoms. The highest BCUT2D eigenvalue weighted by Gasteiger charge is 2.10. The second kappa shape index (κ2) is 7.48. The zero-order valence-electron chi connectivity index (χ0n) is 13.2. The van der Waals surface area contributed by atoms with Crippen LogP contribution in [0.5, 0.6) is 0 Å². The van der Waals surface area contributed by atoms with Crippen LogP contribution < -0.4 is 5.56 Å². The Morgan fingerprint density at radius 2 is 2.12 bits per heavy atom. The van der Waals surface area contributed by atoms with E-state index in [1.807, 2.05) is 6.07 Å². The van der Waals surface area contributed by atoms with E-state index < -0.39 is 5.97 Å². The molecular formula is C18H15BrN2O4. The number of aromatic nitrogens is 2. The Morgan fingerprint density at radius 3 is 2.84 bits per heavy atom. The summed E-state index contributed by atoms with van der Waals surface area (Å²) >= 11 is 3.31. The van der Waals surface area contributed by atoms with Gasteiger partial charge in [0.15, 0.2) is 0 Å². The van der Waals surface area contributed by atoms with E-state index in [0.29, 0.717) is 28.9 Å². The molecule has 0 saturated heterocycles. The minimum absolute atomic E-state index is 0.00640. The highest BCUT2D eigenvalue weighted by molar-refractivity contribution is 9.10. The maximum absolute atomic E-state index is 12.8. The van der Waals surface area contributed by atoms with Crippen molar-refractivity contribution < 1.29 is 14.3 Å². The SMILES string of the molecule is O=C(O)CCCn1c(C=Cc2cc(Br)co2)nc2ccccc2c1=O. The molecule has 2 heterocycles. The summed E-state index contributed by atoms with van der Waals surface area (Å²) in [6.45, 7) is 0.282. The van der Waals surface area contributed by atoms with E-state index in [0.717, 1.165) is 4.47 Å². The van der Waals surface area contributed by atoms with Crippen LogP contribution in [-0.2, 0) is 11.3 Å². The maximum Gasteiger partial charge on any atom is 0.303 e. The van der Waals surface area contributed by atoms with Gasteiger partial charge in [0, 0.05) is 13.0 Å². The molecule has 0 saturated carbocycles. The Hall–Kier alpha value is -2.67. The molecule has 128 valence electrons. The van der Waals surface area contributed by atoms with Crippen molar-refractivity contribution in [3.8, 4) is 0 Å². The zero-order chi connectivity index (χ0) is 17.8. The molecule has 0 bridgehead atoms. The smallest absolute Gasteiger partial charge is 0.303 e. The molecule has 0 amide bonds. The Bertz CT molecular complexity index is 1000. The molecule has 7 heteroatoms. The molecule has 0 aliphatic carbocycles. The lowest BCUT2D eigenvalue weighted by Gasteiger charge is -2.10. The summed E-state index contributed by atoms with van der Waals surface area (Å²) in [5.41, 5.74) is 0.415. The molecule has 0 aliphatic heterocycles. The Balaban J connectivity index is 2.02. The van der Waals surface area contributed by atoms with Crippen LogP contribution >= 0.6 is 15.9 Å². The van der Waals surface area contributed by atoms with Crippen molar-refractivity contribution in [2.24, 2.45) is 0 Å². The second-order valence-electron chi connectivity index (χ2n) is 5.44. The number of hydrogen-bond donors (Lipinski definition) is 1. The summed E-state index contributed by atoms with van der Waals surface area (Å²) in [6.07, 6.45) is 5.32. The van der Waals surface area contributed by atoms with Gasteiger partial charge in [0.2, 0.25) is 0 Å². The number of halogens is 1. The standard InChI is InChI=1S/C18H15BrN2O4/c19-12-10-13(25-11-12)7-8-16-20-15-5-2-1-4-14(15)18(24)21(16)9-3-6-17(22)23/h1-2,4-5,7-8,10-11H,3,6,9H2,(H,22,23). The van der Waals surface area contributed by atoms with Gasteiger partial charge in [-0.05, 0) is 52.7 Å². The summed E-state index contributed by atoms with van der Waals surface area (Å²) in [5, 5.41) is 9.33. The quantitative estimate of drug-likeness (QED) is 0.677. The van der Waals surface area contributed by atoms with Crippen LogP contribution in [0.25, 0.3) is 23.1 Å². The van der Waals surface area contributed by atoms with Crippen molar-refractivity contribution >= 4 is 45.0 Å². The van der Waals surface area contributed by atoms with E-state index in [2.05, 4.69) is 20.9 Å². The Kier molecular flexibility index (Phi) is 5.14. The lowest BCUT2D eigenvalue weighted by molar-refractivity contribution is -0.137. The van der Waals surface area contributed by atoms with Gasteiger partial charge in [-0.2, -0.15) is 0 Å². The average Bonchev–Trinajstić information content (AvgIpc) is 3.00. The van der Waals surface area contributed by atoms with E-state index in [-0.39, 0.29) is 18.5 Å². The fourth-order valence-electron chi connectivity index (χ4n) is 2.49. The molecule has 0 spiro atoms. The van der Waals surface area contributed by atoms with E-state index in [9.17, 15) is 9.59 Å². The lowest BCUT2D eigenvalue weighted by atomic mass is 10.2. The number of carboxylic acids is 1. The molecule has 3 aromatic rings. The maximum atomic E-state index is 12.8. The minimum Gasteiger partial charge on any atom is -0.481 e. The molecule has 0 radical (unpaired) electrons. The summed E-state index contributed by atoms with van der Waals surface area (Å²) in [6, 6.07) is 8.89. The molecule has 0 aliphatic rings. The van der Waals surface area contributed by atoms with Crippen molar-refractivity contribution in [3.05, 3.63) is 63.0 Å². The van der Waals surface area contributed by atoms with E-state index >= 15 is 0 Å². The van der Waals surface area contributed by atoms with Crippen molar-refractivity contribution in [1.29, 1.82) is 0 Å². The van der Waals surface area contributed by atoms with Crippen LogP contribution in [0, 0.1) is 0 Å². The van der Waals surface area contributed by atoms with Gasteiger partial charge in [-0.1, -0.05) is 12.1 Å². The van der Waals surface area contributed by atoms with Gasteiger partial charge in [-0.3, -0.25) is 14.2 Å². The second-order valence-corrected chi connectivity index (χ2v) is 6.36. The van der Waals surface area contributed by atoms with Gasteiger partial charge < -0.3 is 9.52 Å². The first-order valence-corrected chi connectivity index (χ1v) is 8.47. The number of benzene rings is 1. The summed E-state index contributed by atoms with van der Waals surface area (Å²) < 4.78 is 7.65. The number of furan rings is 1. The number of carbonyl (C=O) groups is 1. The first kappa shape index (κ1) is 17.2. The van der Waals surface area contributed by atoms with E-state index in [4.69, 9.17) is 9.52 Å². The predicted molar refractivity (Wildman–Crippen MR) is 98.2 cm³/mol. The normalized spacial score (nSPS) is 11.4. The number of fused-ring (bicyclic) bond motifs is 1. The molecule has 6 nitrogen and oxygen atoms in total. The summed E-state index contributed by atoms with van der Waals surface area (Å²) in [4.78, 5) is 28.0. The highest BCUT2D eigenvalue weighted by Crippen LogP contribution is 2.17. The van der Waals surface area contributed by atoms with Crippen molar-refractivity contribution in [1.82, 2.24) is 9.55 Å². The third-order valence-corrected chi connectivity index (χ3v) is 4.06. The minimum atomic E-state index is -0.890. The summed E-state index contributed by atoms with van der Waals surface area (Å²) in [5.74, 6) is 0.187. The van der Waals surface area contributed by atoms with Crippen molar-refractivity contribution in [2.75, 3.05) is 0 Å². The van der Waals surface area contributed by atoms with Gasteiger partial charge in [0.25, 0.3) is 5.56 Å². The third kappa shape index (κ3) is 4.06. The van der Waals surface area contributed by atoms with Gasteiger partial charge in [-0.15, -0.1) is 0 Å². The van der Waals surface area contributed by atoms with Crippen LogP contribution in [0.15, 0.2) is 50.3 Å². The predicted octanol–water partition coefficient (Wildman–Crippen LogP) is 3.79. The van der Waals surface area contributed by atoms with E-state index in [1.165, 1.54) is 4.57 Å². The fraction of sp³-hybridized carbons (Fsp3) is 0.167. The molecule has 0 fully saturated rings. The summed E-state index contributed by atoms with van der Waals surface area (Å²) in [7, 11) is 0. The Labute approximate surface area is 151 Å². The molecule has 0 atom stereocenters. The Morgan fingerprint density at radius 1 is 1.32 bits per heavy atom. The van der Waals surface area contributed by atoms with Crippen LogP contribution in [0.3, 0.4) is 0 Å². The van der Waals surface area contributed by atoms with Gasteiger partial charge in [-0.25, -0.2) is 4.98 Å². The van der Waals surface area contributed by atoms with E-state index in [1.54, 1.807) is 42.7 Å². The number of para-hydroxylation sites is 1. The molecule has 1 N–H and O–H groups in total. The van der Waals surface area contributed by atoms with Gasteiger partial charge in [0.1, 0.15) is 17.8 Å². The van der Waals surface area contributed by atoms with Crippen LogP contribution in [0.2, 0.25) is 0 Å². The highest BCUT2D eigenvalue weighted by atomic mass is 79.9. The number of hydrogen-bond acceptors (Lipinski definition) is 4. The fourth-order valence-corrected chi connectivity index (χ4v) is 2.81. The molecule has 1 aromatic carbocycles. The number of rotatable bonds is 6. The number of aliphatic carboxylic acids is 1. The zero-order valence-corrected chi connectivity index (χ0v) is 14.8. The average molecular weight is 403 g/mol. The molecule has 3 rings (SSSR count). The van der Waals surface area contributed by atoms with Crippen molar-refractivity contribution in [3.63, 3.8) is 0 Å². The van der Waals surface area contributed by atoms with Crippen LogP contribution in [-0.4, -0.2) is 20.6 Å². The van der Waals surface area contributed by atoms with Crippen LogP contribution in [0.1, 0.15) is 24.4 Å².